The minimum absolute atomic E-state index is 0.0443. The molecule has 0 aromatic heterocycles. The van der Waals surface area contributed by atoms with Gasteiger partial charge in [-0.25, -0.2) is 0 Å². The lowest BCUT2D eigenvalue weighted by Gasteiger charge is -2.26. The molecule has 0 aliphatic rings. The second kappa shape index (κ2) is 9.29. The highest BCUT2D eigenvalue weighted by Crippen LogP contribution is 2.10. The maximum absolute atomic E-state index is 11.2. The third-order valence-corrected chi connectivity index (χ3v) is 2.39. The van der Waals surface area contributed by atoms with Crippen LogP contribution in [0.3, 0.4) is 0 Å². The number of hydrogen-bond acceptors (Lipinski definition) is 7. The number of carbonyl (C=O) groups is 4. The number of aldehydes is 2. The van der Waals surface area contributed by atoms with Crippen molar-refractivity contribution in [2.24, 2.45) is 0 Å². The lowest BCUT2D eigenvalue weighted by Crippen LogP contribution is -2.41. The highest BCUT2D eigenvalue weighted by molar-refractivity contribution is 5.74. The van der Waals surface area contributed by atoms with Gasteiger partial charge < -0.3 is 19.1 Å². The topological polar surface area (TPSA) is 90.0 Å². The van der Waals surface area contributed by atoms with Gasteiger partial charge in [0.15, 0.2) is 0 Å². The second-order valence-corrected chi connectivity index (χ2v) is 3.50. The Labute approximate surface area is 105 Å². The molecule has 0 fully saturated rings. The van der Waals surface area contributed by atoms with E-state index < -0.39 is 18.0 Å². The first-order chi connectivity index (χ1) is 8.58. The Bertz CT molecular complexity index is 276. The molecule has 0 aliphatic carbocycles. The molecule has 0 saturated heterocycles. The maximum Gasteiger partial charge on any atom is 0.307 e. The predicted molar refractivity (Wildman–Crippen MR) is 60.8 cm³/mol. The Morgan fingerprint density at radius 3 is 1.67 bits per heavy atom. The minimum Gasteiger partial charge on any atom is -0.469 e. The fourth-order valence-corrected chi connectivity index (χ4v) is 1.45. The molecule has 0 bridgehead atoms. The van der Waals surface area contributed by atoms with E-state index in [1.54, 1.807) is 0 Å². The molecule has 0 aromatic rings. The summed E-state index contributed by atoms with van der Waals surface area (Å²) >= 11 is 0. The standard InChI is InChI=1S/C11H17NO6/c1-17-10(15)7-9(8-11(16)18-2)12(3-5-13)4-6-14/h5-6,9H,3-4,7-8H2,1-2H3. The van der Waals surface area contributed by atoms with Crippen LogP contribution in [0.5, 0.6) is 0 Å². The van der Waals surface area contributed by atoms with Crippen LogP contribution < -0.4 is 0 Å². The zero-order valence-corrected chi connectivity index (χ0v) is 10.5. The normalized spacial score (nSPS) is 10.2. The van der Waals surface area contributed by atoms with Crippen molar-refractivity contribution in [1.82, 2.24) is 4.90 Å². The summed E-state index contributed by atoms with van der Waals surface area (Å²) in [6, 6.07) is -0.597. The zero-order chi connectivity index (χ0) is 14.0. The van der Waals surface area contributed by atoms with Crippen molar-refractivity contribution in [3.63, 3.8) is 0 Å². The number of ether oxygens (including phenoxy) is 2. The van der Waals surface area contributed by atoms with E-state index in [1.165, 1.54) is 19.1 Å². The molecular formula is C11H17NO6. The van der Waals surface area contributed by atoms with Crippen molar-refractivity contribution in [3.05, 3.63) is 0 Å². The van der Waals surface area contributed by atoms with Gasteiger partial charge in [0.05, 0.1) is 40.2 Å². The third-order valence-electron chi connectivity index (χ3n) is 2.39. The van der Waals surface area contributed by atoms with Gasteiger partial charge in [0, 0.05) is 6.04 Å². The Morgan fingerprint density at radius 1 is 1.00 bits per heavy atom. The van der Waals surface area contributed by atoms with E-state index in [2.05, 4.69) is 9.47 Å². The van der Waals surface area contributed by atoms with Crippen LogP contribution in [-0.2, 0) is 28.7 Å². The van der Waals surface area contributed by atoms with E-state index in [0.717, 1.165) is 0 Å². The van der Waals surface area contributed by atoms with Gasteiger partial charge >= 0.3 is 11.9 Å². The van der Waals surface area contributed by atoms with Gasteiger partial charge in [-0.3, -0.25) is 14.5 Å². The van der Waals surface area contributed by atoms with Crippen molar-refractivity contribution >= 4 is 24.5 Å². The summed E-state index contributed by atoms with van der Waals surface area (Å²) in [4.78, 5) is 44.9. The molecule has 102 valence electrons. The molecule has 0 aliphatic heterocycles. The average Bonchev–Trinajstić information content (AvgIpc) is 2.37. The lowest BCUT2D eigenvalue weighted by molar-refractivity contribution is -0.145. The Hall–Kier alpha value is -1.76. The highest BCUT2D eigenvalue weighted by Gasteiger charge is 2.24. The molecular weight excluding hydrogens is 242 g/mol. The Morgan fingerprint density at radius 2 is 1.39 bits per heavy atom. The summed E-state index contributed by atoms with van der Waals surface area (Å²) in [6.45, 7) is -0.0885. The summed E-state index contributed by atoms with van der Waals surface area (Å²) in [7, 11) is 2.45. The first kappa shape index (κ1) is 16.2. The smallest absolute Gasteiger partial charge is 0.307 e. The number of carbonyl (C=O) groups excluding carboxylic acids is 4. The Kier molecular flexibility index (Phi) is 8.38. The quantitative estimate of drug-likeness (QED) is 0.394. The predicted octanol–water partition coefficient (Wildman–Crippen LogP) is -0.819. The van der Waals surface area contributed by atoms with Crippen molar-refractivity contribution in [3.8, 4) is 0 Å². The van der Waals surface area contributed by atoms with Gasteiger partial charge in [-0.2, -0.15) is 0 Å². The van der Waals surface area contributed by atoms with Crippen LogP contribution in [0.1, 0.15) is 12.8 Å². The van der Waals surface area contributed by atoms with E-state index in [0.29, 0.717) is 12.6 Å². The number of esters is 2. The summed E-state index contributed by atoms with van der Waals surface area (Å²) in [5.41, 5.74) is 0. The molecule has 7 nitrogen and oxygen atoms in total. The maximum atomic E-state index is 11.2. The summed E-state index contributed by atoms with van der Waals surface area (Å²) in [5.74, 6) is -1.04. The van der Waals surface area contributed by atoms with Crippen LogP contribution in [-0.4, -0.2) is 62.8 Å². The van der Waals surface area contributed by atoms with Crippen molar-refractivity contribution in [2.45, 2.75) is 18.9 Å². The SMILES string of the molecule is COC(=O)CC(CC(=O)OC)N(CC=O)CC=O. The van der Waals surface area contributed by atoms with Gasteiger partial charge in [0.2, 0.25) is 0 Å². The first-order valence-corrected chi connectivity index (χ1v) is 5.34. The largest absolute Gasteiger partial charge is 0.469 e. The highest BCUT2D eigenvalue weighted by atomic mass is 16.5. The number of hydrogen-bond donors (Lipinski definition) is 0. The van der Waals surface area contributed by atoms with Gasteiger partial charge in [-0.05, 0) is 0 Å². The van der Waals surface area contributed by atoms with E-state index >= 15 is 0 Å². The van der Waals surface area contributed by atoms with Crippen LogP contribution >= 0.6 is 0 Å². The molecule has 0 amide bonds. The van der Waals surface area contributed by atoms with Gasteiger partial charge in [0.1, 0.15) is 12.6 Å². The molecule has 0 N–H and O–H groups in total. The fraction of sp³-hybridized carbons (Fsp3) is 0.636. The van der Waals surface area contributed by atoms with Crippen molar-refractivity contribution < 1.29 is 28.7 Å². The molecule has 0 aromatic carbocycles. The molecule has 7 heteroatoms. The molecule has 0 saturated carbocycles. The molecule has 0 heterocycles. The zero-order valence-electron chi connectivity index (χ0n) is 10.5. The molecule has 0 unspecified atom stereocenters. The minimum atomic E-state index is -0.597. The first-order valence-electron chi connectivity index (χ1n) is 5.34. The average molecular weight is 259 g/mol. The van der Waals surface area contributed by atoms with E-state index in [9.17, 15) is 19.2 Å². The molecule has 0 spiro atoms. The van der Waals surface area contributed by atoms with Crippen LogP contribution in [0.4, 0.5) is 0 Å². The molecule has 0 radical (unpaired) electrons. The monoisotopic (exact) mass is 259 g/mol. The van der Waals surface area contributed by atoms with Gasteiger partial charge in [0.25, 0.3) is 0 Å². The molecule has 0 rings (SSSR count). The molecule has 0 atom stereocenters. The fourth-order valence-electron chi connectivity index (χ4n) is 1.45. The second-order valence-electron chi connectivity index (χ2n) is 3.50. The van der Waals surface area contributed by atoms with Crippen LogP contribution in [0.15, 0.2) is 0 Å². The number of methoxy groups -OCH3 is 2. The van der Waals surface area contributed by atoms with Crippen molar-refractivity contribution in [2.75, 3.05) is 27.3 Å². The van der Waals surface area contributed by atoms with E-state index in [-0.39, 0.29) is 25.9 Å². The molecule has 18 heavy (non-hydrogen) atoms. The van der Waals surface area contributed by atoms with E-state index in [4.69, 9.17) is 0 Å². The summed E-state index contributed by atoms with van der Waals surface area (Å²) < 4.78 is 9.02. The van der Waals surface area contributed by atoms with Crippen LogP contribution in [0, 0.1) is 0 Å². The lowest BCUT2D eigenvalue weighted by atomic mass is 10.1. The van der Waals surface area contributed by atoms with Gasteiger partial charge in [-0.15, -0.1) is 0 Å². The third kappa shape index (κ3) is 6.09. The number of nitrogens with zero attached hydrogens (tertiary/aromatic N) is 1. The Balaban J connectivity index is 4.76. The van der Waals surface area contributed by atoms with Gasteiger partial charge in [-0.1, -0.05) is 0 Å². The van der Waals surface area contributed by atoms with Crippen LogP contribution in [0.25, 0.3) is 0 Å². The van der Waals surface area contributed by atoms with Crippen LogP contribution in [0.2, 0.25) is 0 Å². The van der Waals surface area contributed by atoms with Crippen molar-refractivity contribution in [1.29, 1.82) is 0 Å². The summed E-state index contributed by atoms with van der Waals surface area (Å²) in [5, 5.41) is 0. The number of rotatable bonds is 9. The van der Waals surface area contributed by atoms with E-state index in [1.807, 2.05) is 0 Å². The summed E-state index contributed by atoms with van der Waals surface area (Å²) in [6.07, 6.45) is 1.02.